The van der Waals surface area contributed by atoms with Gasteiger partial charge in [-0.1, -0.05) is 11.2 Å². The van der Waals surface area contributed by atoms with E-state index in [-0.39, 0.29) is 5.91 Å². The zero-order valence-corrected chi connectivity index (χ0v) is 16.9. The van der Waals surface area contributed by atoms with Crippen molar-refractivity contribution in [2.75, 3.05) is 12.4 Å². The van der Waals surface area contributed by atoms with Crippen LogP contribution in [0.1, 0.15) is 28.1 Å². The van der Waals surface area contributed by atoms with Gasteiger partial charge >= 0.3 is 0 Å². The molecule has 0 fully saturated rings. The minimum atomic E-state index is -0.263. The topological polar surface area (TPSA) is 86.5 Å². The highest BCUT2D eigenvalue weighted by Crippen LogP contribution is 2.30. The van der Waals surface area contributed by atoms with Crippen molar-refractivity contribution in [2.45, 2.75) is 27.4 Å². The van der Waals surface area contributed by atoms with Crippen molar-refractivity contribution in [3.63, 3.8) is 0 Å². The van der Waals surface area contributed by atoms with E-state index in [1.54, 1.807) is 37.6 Å². The first-order valence-corrected chi connectivity index (χ1v) is 9.10. The molecule has 0 unspecified atom stereocenters. The molecule has 0 aliphatic rings. The zero-order chi connectivity index (χ0) is 20.8. The molecule has 0 radical (unpaired) electrons. The molecule has 0 bridgehead atoms. The van der Waals surface area contributed by atoms with Crippen LogP contribution in [0.25, 0.3) is 6.08 Å². The molecule has 150 valence electrons. The van der Waals surface area contributed by atoms with Crippen molar-refractivity contribution < 1.29 is 18.8 Å². The van der Waals surface area contributed by atoms with E-state index in [9.17, 15) is 4.79 Å². The van der Waals surface area contributed by atoms with Crippen LogP contribution in [0.2, 0.25) is 0 Å². The first-order valence-electron chi connectivity index (χ1n) is 9.10. The molecule has 1 aromatic carbocycles. The number of hydrogen-bond acceptors (Lipinski definition) is 6. The largest absolute Gasteiger partial charge is 0.493 e. The second-order valence-electron chi connectivity index (χ2n) is 6.54. The normalized spacial score (nSPS) is 10.9. The Morgan fingerprint density at radius 2 is 2.00 bits per heavy atom. The Balaban J connectivity index is 1.66. The molecule has 29 heavy (non-hydrogen) atoms. The van der Waals surface area contributed by atoms with Crippen LogP contribution in [0.3, 0.4) is 0 Å². The lowest BCUT2D eigenvalue weighted by Crippen LogP contribution is -2.09. The van der Waals surface area contributed by atoms with Crippen molar-refractivity contribution in [2.24, 2.45) is 0 Å². The molecular formula is C22H23N3O4. The third-order valence-corrected chi connectivity index (χ3v) is 4.33. The van der Waals surface area contributed by atoms with Crippen LogP contribution in [-0.4, -0.2) is 23.2 Å². The van der Waals surface area contributed by atoms with Crippen LogP contribution in [0.5, 0.6) is 11.5 Å². The van der Waals surface area contributed by atoms with Crippen molar-refractivity contribution in [1.29, 1.82) is 0 Å². The lowest BCUT2D eigenvalue weighted by atomic mass is 10.2. The van der Waals surface area contributed by atoms with Crippen LogP contribution >= 0.6 is 0 Å². The Morgan fingerprint density at radius 3 is 2.69 bits per heavy atom. The number of benzene rings is 1. The molecular weight excluding hydrogens is 370 g/mol. The molecule has 1 amide bonds. The summed E-state index contributed by atoms with van der Waals surface area (Å²) in [7, 11) is 1.57. The smallest absolute Gasteiger partial charge is 0.249 e. The van der Waals surface area contributed by atoms with E-state index in [1.807, 2.05) is 32.9 Å². The molecule has 1 N–H and O–H groups in total. The number of pyridine rings is 1. The van der Waals surface area contributed by atoms with Crippen LogP contribution in [0.15, 0.2) is 47.1 Å². The molecule has 3 rings (SSSR count). The summed E-state index contributed by atoms with van der Waals surface area (Å²) in [5.74, 6) is 2.15. The van der Waals surface area contributed by atoms with E-state index < -0.39 is 0 Å². The average Bonchev–Trinajstić information content (AvgIpc) is 3.02. The van der Waals surface area contributed by atoms with E-state index in [0.29, 0.717) is 23.9 Å². The molecule has 0 aliphatic carbocycles. The summed E-state index contributed by atoms with van der Waals surface area (Å²) >= 11 is 0. The summed E-state index contributed by atoms with van der Waals surface area (Å²) in [5, 5.41) is 6.65. The maximum atomic E-state index is 12.1. The summed E-state index contributed by atoms with van der Waals surface area (Å²) in [6.07, 6.45) is 4.80. The minimum absolute atomic E-state index is 0.263. The Bertz CT molecular complexity index is 1020. The van der Waals surface area contributed by atoms with Crippen molar-refractivity contribution in [1.82, 2.24) is 10.1 Å². The van der Waals surface area contributed by atoms with E-state index in [2.05, 4.69) is 15.5 Å². The summed E-state index contributed by atoms with van der Waals surface area (Å²) in [5.41, 5.74) is 3.54. The second-order valence-corrected chi connectivity index (χ2v) is 6.54. The number of amides is 1. The first kappa shape index (κ1) is 20.1. The molecule has 0 saturated carbocycles. The number of methoxy groups -OCH3 is 1. The van der Waals surface area contributed by atoms with Crippen LogP contribution < -0.4 is 14.8 Å². The molecule has 0 spiro atoms. The number of carbonyl (C=O) groups is 1. The Kier molecular flexibility index (Phi) is 6.29. The van der Waals surface area contributed by atoms with Gasteiger partial charge in [0.1, 0.15) is 18.2 Å². The lowest BCUT2D eigenvalue weighted by molar-refractivity contribution is -0.111. The van der Waals surface area contributed by atoms with Gasteiger partial charge in [-0.25, -0.2) is 4.98 Å². The molecule has 2 heterocycles. The van der Waals surface area contributed by atoms with Gasteiger partial charge in [0.15, 0.2) is 11.5 Å². The van der Waals surface area contributed by atoms with Crippen LogP contribution in [0.4, 0.5) is 5.82 Å². The Hall–Kier alpha value is -3.61. The van der Waals surface area contributed by atoms with E-state index in [1.165, 1.54) is 6.08 Å². The third-order valence-electron chi connectivity index (χ3n) is 4.33. The number of aryl methyl sites for hydroxylation is 3. The van der Waals surface area contributed by atoms with Gasteiger partial charge in [-0.2, -0.15) is 0 Å². The van der Waals surface area contributed by atoms with E-state index in [0.717, 1.165) is 28.1 Å². The lowest BCUT2D eigenvalue weighted by Gasteiger charge is -2.11. The minimum Gasteiger partial charge on any atom is -0.493 e. The summed E-state index contributed by atoms with van der Waals surface area (Å²) in [4.78, 5) is 16.2. The standard InChI is InChI=1S/C22H23N3O4/c1-14-9-10-23-21(11-14)24-22(26)8-6-17-5-7-19(20(12-17)27-4)28-13-18-15(2)25-29-16(18)3/h5-12H,13H2,1-4H3,(H,23,24,26)/b8-6+. The number of carbonyl (C=O) groups excluding carboxylic acids is 1. The fourth-order valence-corrected chi connectivity index (χ4v) is 2.71. The number of nitrogens with one attached hydrogen (secondary N) is 1. The van der Waals surface area contributed by atoms with Gasteiger partial charge < -0.3 is 19.3 Å². The predicted molar refractivity (Wildman–Crippen MR) is 110 cm³/mol. The maximum Gasteiger partial charge on any atom is 0.249 e. The van der Waals surface area contributed by atoms with Gasteiger partial charge in [0, 0.05) is 12.3 Å². The highest BCUT2D eigenvalue weighted by Gasteiger charge is 2.12. The van der Waals surface area contributed by atoms with Crippen molar-refractivity contribution in [3.05, 3.63) is 70.7 Å². The molecule has 0 saturated heterocycles. The number of nitrogens with zero attached hydrogens (tertiary/aromatic N) is 2. The van der Waals surface area contributed by atoms with Crippen molar-refractivity contribution >= 4 is 17.8 Å². The summed E-state index contributed by atoms with van der Waals surface area (Å²) in [6.45, 7) is 5.99. The SMILES string of the molecule is COc1cc(/C=C/C(=O)Nc2cc(C)ccn2)ccc1OCc1c(C)noc1C. The van der Waals surface area contributed by atoms with Gasteiger partial charge in [0.25, 0.3) is 0 Å². The number of aromatic nitrogens is 2. The molecule has 3 aromatic rings. The van der Waals surface area contributed by atoms with Gasteiger partial charge in [-0.15, -0.1) is 0 Å². The number of ether oxygens (including phenoxy) is 2. The monoisotopic (exact) mass is 393 g/mol. The van der Waals surface area contributed by atoms with Gasteiger partial charge in [0.05, 0.1) is 18.4 Å². The van der Waals surface area contributed by atoms with Gasteiger partial charge in [-0.05, 0) is 62.2 Å². The Labute approximate surface area is 169 Å². The zero-order valence-electron chi connectivity index (χ0n) is 16.9. The molecule has 7 nitrogen and oxygen atoms in total. The molecule has 7 heteroatoms. The third kappa shape index (κ3) is 5.22. The van der Waals surface area contributed by atoms with E-state index >= 15 is 0 Å². The molecule has 0 aliphatic heterocycles. The van der Waals surface area contributed by atoms with Crippen LogP contribution in [0, 0.1) is 20.8 Å². The maximum absolute atomic E-state index is 12.1. The van der Waals surface area contributed by atoms with Crippen molar-refractivity contribution in [3.8, 4) is 11.5 Å². The fraction of sp³-hybridized carbons (Fsp3) is 0.227. The summed E-state index contributed by atoms with van der Waals surface area (Å²) < 4.78 is 16.4. The second kappa shape index (κ2) is 9.05. The number of hydrogen-bond donors (Lipinski definition) is 1. The highest BCUT2D eigenvalue weighted by atomic mass is 16.5. The molecule has 2 aromatic heterocycles. The highest BCUT2D eigenvalue weighted by molar-refractivity contribution is 6.01. The summed E-state index contributed by atoms with van der Waals surface area (Å²) in [6, 6.07) is 9.13. The number of rotatable bonds is 7. The van der Waals surface area contributed by atoms with Gasteiger partial charge in [0.2, 0.25) is 5.91 Å². The quantitative estimate of drug-likeness (QED) is 0.605. The Morgan fingerprint density at radius 1 is 1.17 bits per heavy atom. The van der Waals surface area contributed by atoms with E-state index in [4.69, 9.17) is 14.0 Å². The first-order chi connectivity index (χ1) is 14.0. The van der Waals surface area contributed by atoms with Gasteiger partial charge in [-0.3, -0.25) is 4.79 Å². The average molecular weight is 393 g/mol. The predicted octanol–water partition coefficient (Wildman–Crippen LogP) is 4.23. The number of anilines is 1. The fourth-order valence-electron chi connectivity index (χ4n) is 2.71. The molecule has 0 atom stereocenters. The van der Waals surface area contributed by atoms with Crippen LogP contribution in [-0.2, 0) is 11.4 Å².